The number of aromatic nitrogens is 1. The van der Waals surface area contributed by atoms with Crippen LogP contribution in [0.15, 0.2) is 41.6 Å². The molecule has 0 spiro atoms. The number of rotatable bonds is 4. The smallest absolute Gasteiger partial charge is 0.241 e. The maximum Gasteiger partial charge on any atom is 0.241 e. The normalized spacial score (nSPS) is 17.9. The molecular weight excluding hydrogens is 274 g/mol. The second kappa shape index (κ2) is 4.80. The first-order valence-electron chi connectivity index (χ1n) is 6.63. The number of nitrogens with one attached hydrogen (secondary N) is 1. The van der Waals surface area contributed by atoms with Crippen LogP contribution in [0.25, 0.3) is 10.8 Å². The fraction of sp³-hybridized carbons (Fsp3) is 0.357. The van der Waals surface area contributed by atoms with E-state index in [0.29, 0.717) is 11.9 Å². The predicted molar refractivity (Wildman–Crippen MR) is 77.7 cm³/mol. The van der Waals surface area contributed by atoms with E-state index in [4.69, 9.17) is 5.73 Å². The van der Waals surface area contributed by atoms with Crippen LogP contribution in [-0.4, -0.2) is 25.5 Å². The Morgan fingerprint density at radius 1 is 1.30 bits per heavy atom. The van der Waals surface area contributed by atoms with Gasteiger partial charge in [0, 0.05) is 35.2 Å². The second-order valence-electron chi connectivity index (χ2n) is 5.30. The van der Waals surface area contributed by atoms with Gasteiger partial charge in [0.2, 0.25) is 10.0 Å². The minimum absolute atomic E-state index is 0.289. The summed E-state index contributed by atoms with van der Waals surface area (Å²) in [4.78, 5) is 4.31. The SMILES string of the molecule is NCC1(NS(=O)(=O)c2cccc3cnccc23)CCC1. The van der Waals surface area contributed by atoms with Crippen molar-refractivity contribution in [2.24, 2.45) is 5.73 Å². The highest BCUT2D eigenvalue weighted by Gasteiger charge is 2.39. The molecule has 2 aromatic rings. The average Bonchev–Trinajstić information content (AvgIpc) is 2.42. The monoisotopic (exact) mass is 291 g/mol. The van der Waals surface area contributed by atoms with Gasteiger partial charge in [-0.15, -0.1) is 0 Å². The third-order valence-corrected chi connectivity index (χ3v) is 5.62. The van der Waals surface area contributed by atoms with E-state index < -0.39 is 15.6 Å². The van der Waals surface area contributed by atoms with Crippen LogP contribution in [0.3, 0.4) is 0 Å². The van der Waals surface area contributed by atoms with Gasteiger partial charge >= 0.3 is 0 Å². The molecule has 20 heavy (non-hydrogen) atoms. The van der Waals surface area contributed by atoms with Crippen molar-refractivity contribution >= 4 is 20.8 Å². The first-order chi connectivity index (χ1) is 9.56. The molecule has 1 saturated carbocycles. The van der Waals surface area contributed by atoms with Gasteiger partial charge in [-0.3, -0.25) is 4.98 Å². The van der Waals surface area contributed by atoms with Crippen LogP contribution in [0.2, 0.25) is 0 Å². The lowest BCUT2D eigenvalue weighted by molar-refractivity contribution is 0.231. The zero-order valence-corrected chi connectivity index (χ0v) is 11.9. The van der Waals surface area contributed by atoms with Crippen molar-refractivity contribution in [2.75, 3.05) is 6.54 Å². The fourth-order valence-corrected chi connectivity index (χ4v) is 4.32. The Kier molecular flexibility index (Phi) is 3.24. The number of fused-ring (bicyclic) bond motifs is 1. The molecular formula is C14H17N3O2S. The molecule has 5 nitrogen and oxygen atoms in total. The molecule has 1 aliphatic rings. The molecule has 1 aromatic heterocycles. The van der Waals surface area contributed by atoms with Crippen LogP contribution < -0.4 is 10.5 Å². The second-order valence-corrected chi connectivity index (χ2v) is 6.95. The minimum atomic E-state index is -3.58. The highest BCUT2D eigenvalue weighted by atomic mass is 32.2. The number of nitrogens with two attached hydrogens (primary N) is 1. The predicted octanol–water partition coefficient (Wildman–Crippen LogP) is 1.39. The van der Waals surface area contributed by atoms with Gasteiger partial charge in [0.1, 0.15) is 0 Å². The molecule has 0 atom stereocenters. The van der Waals surface area contributed by atoms with Crippen LogP contribution in [0, 0.1) is 0 Å². The summed E-state index contributed by atoms with van der Waals surface area (Å²) in [7, 11) is -3.58. The van der Waals surface area contributed by atoms with Crippen LogP contribution in [-0.2, 0) is 10.0 Å². The summed E-state index contributed by atoms with van der Waals surface area (Å²) < 4.78 is 28.0. The minimum Gasteiger partial charge on any atom is -0.329 e. The van der Waals surface area contributed by atoms with E-state index in [1.807, 2.05) is 6.07 Å². The van der Waals surface area contributed by atoms with Crippen molar-refractivity contribution < 1.29 is 8.42 Å². The van der Waals surface area contributed by atoms with E-state index in [0.717, 1.165) is 24.6 Å². The molecule has 0 radical (unpaired) electrons. The van der Waals surface area contributed by atoms with E-state index in [1.165, 1.54) is 0 Å². The molecule has 1 heterocycles. The zero-order valence-electron chi connectivity index (χ0n) is 11.0. The molecule has 1 aliphatic carbocycles. The summed E-state index contributed by atoms with van der Waals surface area (Å²) in [5, 5.41) is 1.49. The Morgan fingerprint density at radius 2 is 2.10 bits per heavy atom. The molecule has 6 heteroatoms. The maximum atomic E-state index is 12.6. The largest absolute Gasteiger partial charge is 0.329 e. The third kappa shape index (κ3) is 2.19. The van der Waals surface area contributed by atoms with Gasteiger partial charge in [-0.1, -0.05) is 12.1 Å². The maximum absolute atomic E-state index is 12.6. The Morgan fingerprint density at radius 3 is 2.75 bits per heavy atom. The first kappa shape index (κ1) is 13.5. The van der Waals surface area contributed by atoms with Gasteiger partial charge in [-0.2, -0.15) is 0 Å². The summed E-state index contributed by atoms with van der Waals surface area (Å²) in [6.45, 7) is 0.332. The van der Waals surface area contributed by atoms with Gasteiger partial charge in [0.15, 0.2) is 0 Å². The zero-order chi connectivity index (χ0) is 14.2. The van der Waals surface area contributed by atoms with Crippen LogP contribution in [0.1, 0.15) is 19.3 Å². The molecule has 0 amide bonds. The summed E-state index contributed by atoms with van der Waals surface area (Å²) in [5.41, 5.74) is 5.27. The lowest BCUT2D eigenvalue weighted by Crippen LogP contribution is -2.58. The molecule has 0 saturated heterocycles. The van der Waals surface area contributed by atoms with E-state index >= 15 is 0 Å². The highest BCUT2D eigenvalue weighted by Crippen LogP contribution is 2.33. The number of nitrogens with zero attached hydrogens (tertiary/aromatic N) is 1. The Balaban J connectivity index is 2.05. The number of hydrogen-bond donors (Lipinski definition) is 2. The van der Waals surface area contributed by atoms with Gasteiger partial charge in [-0.05, 0) is 31.4 Å². The summed E-state index contributed by atoms with van der Waals surface area (Å²) in [5.74, 6) is 0. The van der Waals surface area contributed by atoms with Gasteiger partial charge < -0.3 is 5.73 Å². The van der Waals surface area contributed by atoms with Crippen molar-refractivity contribution in [3.8, 4) is 0 Å². The lowest BCUT2D eigenvalue weighted by atomic mass is 9.78. The molecule has 1 aromatic carbocycles. The fourth-order valence-electron chi connectivity index (χ4n) is 2.62. The first-order valence-corrected chi connectivity index (χ1v) is 8.11. The number of pyridine rings is 1. The topological polar surface area (TPSA) is 85.1 Å². The quantitative estimate of drug-likeness (QED) is 0.891. The number of hydrogen-bond acceptors (Lipinski definition) is 4. The van der Waals surface area contributed by atoms with Crippen LogP contribution in [0.4, 0.5) is 0 Å². The van der Waals surface area contributed by atoms with Crippen molar-refractivity contribution in [1.82, 2.24) is 9.71 Å². The van der Waals surface area contributed by atoms with Crippen molar-refractivity contribution in [2.45, 2.75) is 29.7 Å². The van der Waals surface area contributed by atoms with Crippen molar-refractivity contribution in [3.05, 3.63) is 36.7 Å². The van der Waals surface area contributed by atoms with E-state index in [2.05, 4.69) is 9.71 Å². The molecule has 3 rings (SSSR count). The Labute approximate surface area is 118 Å². The van der Waals surface area contributed by atoms with E-state index in [-0.39, 0.29) is 4.90 Å². The Hall–Kier alpha value is -1.50. The molecule has 106 valence electrons. The lowest BCUT2D eigenvalue weighted by Gasteiger charge is -2.41. The summed E-state index contributed by atoms with van der Waals surface area (Å²) >= 11 is 0. The van der Waals surface area contributed by atoms with E-state index in [9.17, 15) is 8.42 Å². The van der Waals surface area contributed by atoms with Gasteiger partial charge in [-0.25, -0.2) is 13.1 Å². The number of sulfonamides is 1. The Bertz CT molecular complexity index is 728. The molecule has 3 N–H and O–H groups in total. The van der Waals surface area contributed by atoms with Crippen LogP contribution in [0.5, 0.6) is 0 Å². The number of benzene rings is 1. The van der Waals surface area contributed by atoms with Gasteiger partial charge in [0.05, 0.1) is 4.90 Å². The molecule has 0 unspecified atom stereocenters. The van der Waals surface area contributed by atoms with Crippen molar-refractivity contribution in [1.29, 1.82) is 0 Å². The molecule has 0 aliphatic heterocycles. The summed E-state index contributed by atoms with van der Waals surface area (Å²) in [6.07, 6.45) is 5.88. The molecule has 0 bridgehead atoms. The van der Waals surface area contributed by atoms with Crippen molar-refractivity contribution in [3.63, 3.8) is 0 Å². The highest BCUT2D eigenvalue weighted by molar-refractivity contribution is 7.89. The molecule has 1 fully saturated rings. The van der Waals surface area contributed by atoms with Gasteiger partial charge in [0.25, 0.3) is 0 Å². The van der Waals surface area contributed by atoms with Crippen LogP contribution >= 0.6 is 0 Å². The standard InChI is InChI=1S/C14H17N3O2S/c15-10-14(6-2-7-14)17-20(18,19)13-4-1-3-11-9-16-8-5-12(11)13/h1,3-5,8-9,17H,2,6-7,10,15H2. The third-order valence-electron chi connectivity index (χ3n) is 3.98. The average molecular weight is 291 g/mol. The van der Waals surface area contributed by atoms with E-state index in [1.54, 1.807) is 30.6 Å². The summed E-state index contributed by atoms with van der Waals surface area (Å²) in [6, 6.07) is 6.92.